The number of anilines is 1. The first kappa shape index (κ1) is 9.74. The normalized spacial score (nSPS) is 26.4. The molecule has 1 aromatic heterocycles. The number of aromatic nitrogens is 1. The largest absolute Gasteiger partial charge is 0.365 e. The van der Waals surface area contributed by atoms with Crippen LogP contribution in [-0.4, -0.2) is 17.1 Å². The molecule has 1 heterocycles. The van der Waals surface area contributed by atoms with E-state index in [0.717, 1.165) is 18.7 Å². The van der Waals surface area contributed by atoms with Crippen LogP contribution < -0.4 is 11.1 Å². The lowest BCUT2D eigenvalue weighted by molar-refractivity contribution is 0.636. The summed E-state index contributed by atoms with van der Waals surface area (Å²) in [7, 11) is 0. The van der Waals surface area contributed by atoms with E-state index in [-0.39, 0.29) is 6.04 Å². The van der Waals surface area contributed by atoms with Gasteiger partial charge >= 0.3 is 0 Å². The van der Waals surface area contributed by atoms with Crippen molar-refractivity contribution in [3.05, 3.63) is 23.4 Å². The number of rotatable bonds is 2. The van der Waals surface area contributed by atoms with E-state index >= 15 is 0 Å². The predicted octanol–water partition coefficient (Wildman–Crippen LogP) is 2.03. The summed E-state index contributed by atoms with van der Waals surface area (Å²) in [4.78, 5) is 4.18. The maximum atomic E-state index is 5.98. The van der Waals surface area contributed by atoms with Crippen molar-refractivity contribution in [1.29, 1.82) is 0 Å². The summed E-state index contributed by atoms with van der Waals surface area (Å²) >= 11 is 5.98. The van der Waals surface area contributed by atoms with Gasteiger partial charge < -0.3 is 11.1 Å². The van der Waals surface area contributed by atoms with Crippen molar-refractivity contribution in [3.8, 4) is 0 Å². The van der Waals surface area contributed by atoms with Crippen LogP contribution in [0.2, 0.25) is 5.02 Å². The van der Waals surface area contributed by atoms with E-state index in [4.69, 9.17) is 17.3 Å². The first-order valence-electron chi connectivity index (χ1n) is 4.90. The van der Waals surface area contributed by atoms with Gasteiger partial charge in [-0.1, -0.05) is 11.6 Å². The molecule has 0 aromatic carbocycles. The molecule has 0 aliphatic heterocycles. The highest BCUT2D eigenvalue weighted by atomic mass is 35.5. The molecular weight excluding hydrogens is 198 g/mol. The number of pyridine rings is 1. The van der Waals surface area contributed by atoms with Crippen molar-refractivity contribution >= 4 is 17.4 Å². The van der Waals surface area contributed by atoms with Gasteiger partial charge in [0.25, 0.3) is 0 Å². The minimum atomic E-state index is 0.230. The molecule has 3 nitrogen and oxygen atoms in total. The average Bonchev–Trinajstić information content (AvgIpc) is 2.56. The van der Waals surface area contributed by atoms with E-state index in [1.54, 1.807) is 6.20 Å². The second-order valence-corrected chi connectivity index (χ2v) is 4.09. The highest BCUT2D eigenvalue weighted by molar-refractivity contribution is 6.32. The average molecular weight is 212 g/mol. The Kier molecular flexibility index (Phi) is 2.89. The van der Waals surface area contributed by atoms with Gasteiger partial charge in [0.15, 0.2) is 0 Å². The Morgan fingerprint density at radius 1 is 1.50 bits per heavy atom. The minimum Gasteiger partial charge on any atom is -0.365 e. The summed E-state index contributed by atoms with van der Waals surface area (Å²) in [5, 5.41) is 3.95. The molecule has 76 valence electrons. The second-order valence-electron chi connectivity index (χ2n) is 3.68. The molecule has 1 aliphatic carbocycles. The van der Waals surface area contributed by atoms with Gasteiger partial charge in [0, 0.05) is 18.3 Å². The number of nitrogens with two attached hydrogens (primary N) is 1. The highest BCUT2D eigenvalue weighted by Gasteiger charge is 2.24. The second kappa shape index (κ2) is 4.15. The van der Waals surface area contributed by atoms with Gasteiger partial charge in [-0.15, -0.1) is 0 Å². The highest BCUT2D eigenvalue weighted by Crippen LogP contribution is 2.24. The fourth-order valence-corrected chi connectivity index (χ4v) is 2.01. The van der Waals surface area contributed by atoms with E-state index in [0.29, 0.717) is 11.1 Å². The van der Waals surface area contributed by atoms with Gasteiger partial charge in [0.1, 0.15) is 5.82 Å². The summed E-state index contributed by atoms with van der Waals surface area (Å²) in [5.74, 6) is 0.747. The smallest absolute Gasteiger partial charge is 0.145 e. The molecule has 2 atom stereocenters. The summed E-state index contributed by atoms with van der Waals surface area (Å²) in [6.45, 7) is 0. The Balaban J connectivity index is 2.07. The molecule has 0 amide bonds. The molecule has 0 spiro atoms. The van der Waals surface area contributed by atoms with Gasteiger partial charge in [0.2, 0.25) is 0 Å². The molecule has 1 saturated carbocycles. The number of nitrogens with zero attached hydrogens (tertiary/aromatic N) is 1. The Morgan fingerprint density at radius 2 is 2.36 bits per heavy atom. The van der Waals surface area contributed by atoms with Crippen molar-refractivity contribution in [2.75, 3.05) is 5.32 Å². The van der Waals surface area contributed by atoms with Crippen LogP contribution in [0.25, 0.3) is 0 Å². The first-order chi connectivity index (χ1) is 6.77. The van der Waals surface area contributed by atoms with Gasteiger partial charge in [-0.25, -0.2) is 4.98 Å². The molecule has 0 bridgehead atoms. The summed E-state index contributed by atoms with van der Waals surface area (Å²) in [5.41, 5.74) is 5.94. The maximum absolute atomic E-state index is 5.98. The molecule has 2 rings (SSSR count). The van der Waals surface area contributed by atoms with Crippen LogP contribution in [0.5, 0.6) is 0 Å². The Labute approximate surface area is 88.7 Å². The first-order valence-corrected chi connectivity index (χ1v) is 5.28. The van der Waals surface area contributed by atoms with Crippen LogP contribution in [0.3, 0.4) is 0 Å². The summed E-state index contributed by atoms with van der Waals surface area (Å²) < 4.78 is 0. The number of hydrogen-bond acceptors (Lipinski definition) is 3. The fraction of sp³-hybridized carbons (Fsp3) is 0.500. The molecule has 4 heteroatoms. The topological polar surface area (TPSA) is 50.9 Å². The van der Waals surface area contributed by atoms with Crippen molar-refractivity contribution < 1.29 is 0 Å². The van der Waals surface area contributed by atoms with Crippen LogP contribution in [0.4, 0.5) is 5.82 Å². The molecular formula is C10H14ClN3. The monoisotopic (exact) mass is 211 g/mol. The van der Waals surface area contributed by atoms with E-state index in [9.17, 15) is 0 Å². The van der Waals surface area contributed by atoms with Crippen LogP contribution in [0.15, 0.2) is 18.3 Å². The molecule has 2 unspecified atom stereocenters. The predicted molar refractivity (Wildman–Crippen MR) is 58.5 cm³/mol. The van der Waals surface area contributed by atoms with Crippen LogP contribution in [0, 0.1) is 0 Å². The molecule has 1 aromatic rings. The third-order valence-electron chi connectivity index (χ3n) is 2.65. The summed E-state index contributed by atoms with van der Waals surface area (Å²) in [6, 6.07) is 4.20. The molecule has 0 radical (unpaired) electrons. The lowest BCUT2D eigenvalue weighted by atomic mass is 10.2. The van der Waals surface area contributed by atoms with E-state index in [1.165, 1.54) is 6.42 Å². The standard InChI is InChI=1S/C10H14ClN3/c11-7-3-2-6-13-10(7)14-9-5-1-4-8(9)12/h2-3,6,8-9H,1,4-5,12H2,(H,13,14). The van der Waals surface area contributed by atoms with Gasteiger partial charge in [-0.3, -0.25) is 0 Å². The Bertz CT molecular complexity index is 316. The maximum Gasteiger partial charge on any atom is 0.145 e. The van der Waals surface area contributed by atoms with Crippen LogP contribution in [0.1, 0.15) is 19.3 Å². The van der Waals surface area contributed by atoms with Crippen molar-refractivity contribution in [2.24, 2.45) is 5.73 Å². The number of nitrogens with one attached hydrogen (secondary N) is 1. The zero-order valence-electron chi connectivity index (χ0n) is 7.91. The number of halogens is 1. The Hall–Kier alpha value is -0.800. The zero-order chi connectivity index (χ0) is 9.97. The van der Waals surface area contributed by atoms with E-state index < -0.39 is 0 Å². The number of hydrogen-bond donors (Lipinski definition) is 2. The molecule has 3 N–H and O–H groups in total. The van der Waals surface area contributed by atoms with Crippen LogP contribution >= 0.6 is 11.6 Å². The Morgan fingerprint density at radius 3 is 3.00 bits per heavy atom. The molecule has 1 aliphatic rings. The van der Waals surface area contributed by atoms with E-state index in [1.807, 2.05) is 12.1 Å². The third kappa shape index (κ3) is 1.99. The van der Waals surface area contributed by atoms with Crippen molar-refractivity contribution in [3.63, 3.8) is 0 Å². The van der Waals surface area contributed by atoms with Crippen molar-refractivity contribution in [2.45, 2.75) is 31.3 Å². The third-order valence-corrected chi connectivity index (χ3v) is 2.95. The van der Waals surface area contributed by atoms with Gasteiger partial charge in [-0.2, -0.15) is 0 Å². The van der Waals surface area contributed by atoms with Crippen molar-refractivity contribution in [1.82, 2.24) is 4.98 Å². The van der Waals surface area contributed by atoms with Crippen LogP contribution in [-0.2, 0) is 0 Å². The zero-order valence-corrected chi connectivity index (χ0v) is 8.67. The molecule has 0 saturated heterocycles. The van der Waals surface area contributed by atoms with Gasteiger partial charge in [-0.05, 0) is 31.4 Å². The lowest BCUT2D eigenvalue weighted by Gasteiger charge is -2.18. The SMILES string of the molecule is NC1CCCC1Nc1ncccc1Cl. The van der Waals surface area contributed by atoms with E-state index in [2.05, 4.69) is 10.3 Å². The quantitative estimate of drug-likeness (QED) is 0.787. The lowest BCUT2D eigenvalue weighted by Crippen LogP contribution is -2.35. The van der Waals surface area contributed by atoms with Gasteiger partial charge in [0.05, 0.1) is 5.02 Å². The minimum absolute atomic E-state index is 0.230. The summed E-state index contributed by atoms with van der Waals surface area (Å²) in [6.07, 6.45) is 5.11. The molecule has 14 heavy (non-hydrogen) atoms. The molecule has 1 fully saturated rings. The fourth-order valence-electron chi connectivity index (χ4n) is 1.84.